The third kappa shape index (κ3) is 7.77. The minimum atomic E-state index is -0.539. The normalized spacial score (nSPS) is 20.7. The Morgan fingerprint density at radius 1 is 1.14 bits per heavy atom. The van der Waals surface area contributed by atoms with Crippen molar-refractivity contribution in [3.8, 4) is 0 Å². The molecule has 238 valence electrons. The Kier molecular flexibility index (Phi) is 10.2. The SMILES string of the molecule is CNC(=O)C(CCC=O)N(C)c1ccc(N2CCN(CC3COC4(C3)CN(C(=O)OC(C)(C)C)C4)CC2)cc1N(C)C=O. The van der Waals surface area contributed by atoms with Gasteiger partial charge in [-0.3, -0.25) is 14.5 Å². The van der Waals surface area contributed by atoms with Crippen molar-refractivity contribution in [3.63, 3.8) is 0 Å². The minimum absolute atomic E-state index is 0.180. The van der Waals surface area contributed by atoms with Gasteiger partial charge in [0.1, 0.15) is 23.5 Å². The molecule has 1 aromatic rings. The third-order valence-corrected chi connectivity index (χ3v) is 8.60. The van der Waals surface area contributed by atoms with Gasteiger partial charge in [-0.1, -0.05) is 0 Å². The second-order valence-electron chi connectivity index (χ2n) is 13.1. The van der Waals surface area contributed by atoms with Gasteiger partial charge in [0.15, 0.2) is 0 Å². The number of nitrogens with zero attached hydrogens (tertiary/aromatic N) is 5. The van der Waals surface area contributed by atoms with Crippen molar-refractivity contribution in [2.24, 2.45) is 5.92 Å². The summed E-state index contributed by atoms with van der Waals surface area (Å²) < 4.78 is 11.7. The zero-order valence-electron chi connectivity index (χ0n) is 26.5. The van der Waals surface area contributed by atoms with Crippen molar-refractivity contribution in [1.29, 1.82) is 0 Å². The topological polar surface area (TPSA) is 115 Å². The van der Waals surface area contributed by atoms with Crippen LogP contribution >= 0.6 is 0 Å². The summed E-state index contributed by atoms with van der Waals surface area (Å²) in [6.45, 7) is 12.0. The molecule has 3 amide bonds. The highest BCUT2D eigenvalue weighted by atomic mass is 16.6. The van der Waals surface area contributed by atoms with Crippen molar-refractivity contribution >= 4 is 41.8 Å². The number of carbonyl (C=O) groups excluding carboxylic acids is 4. The maximum atomic E-state index is 12.6. The van der Waals surface area contributed by atoms with Crippen LogP contribution in [0.15, 0.2) is 18.2 Å². The van der Waals surface area contributed by atoms with Crippen LogP contribution in [0.25, 0.3) is 0 Å². The Balaban J connectivity index is 1.33. The van der Waals surface area contributed by atoms with Crippen LogP contribution in [0.5, 0.6) is 0 Å². The Morgan fingerprint density at radius 2 is 1.84 bits per heavy atom. The van der Waals surface area contributed by atoms with Crippen LogP contribution in [0, 0.1) is 5.92 Å². The van der Waals surface area contributed by atoms with Gasteiger partial charge >= 0.3 is 6.09 Å². The molecule has 3 fully saturated rings. The van der Waals surface area contributed by atoms with Gasteiger partial charge in [-0.15, -0.1) is 0 Å². The number of aldehydes is 1. The molecule has 0 aromatic heterocycles. The number of rotatable bonds is 11. The number of likely N-dealkylation sites (N-methyl/N-ethyl adjacent to an activating group) is 2. The summed E-state index contributed by atoms with van der Waals surface area (Å²) in [4.78, 5) is 57.7. The molecule has 0 aliphatic carbocycles. The number of ether oxygens (including phenoxy) is 2. The predicted molar refractivity (Wildman–Crippen MR) is 166 cm³/mol. The minimum Gasteiger partial charge on any atom is -0.444 e. The molecule has 12 nitrogen and oxygen atoms in total. The molecule has 4 rings (SSSR count). The van der Waals surface area contributed by atoms with Crippen LogP contribution in [-0.4, -0.2) is 125 Å². The lowest BCUT2D eigenvalue weighted by Gasteiger charge is -2.47. The molecule has 0 radical (unpaired) electrons. The second kappa shape index (κ2) is 13.5. The Hall–Kier alpha value is -3.38. The van der Waals surface area contributed by atoms with Gasteiger partial charge in [0, 0.05) is 66.0 Å². The lowest BCUT2D eigenvalue weighted by atomic mass is 9.87. The van der Waals surface area contributed by atoms with Crippen LogP contribution in [0.2, 0.25) is 0 Å². The number of hydrogen-bond donors (Lipinski definition) is 1. The van der Waals surface area contributed by atoms with Gasteiger partial charge in [-0.25, -0.2) is 4.79 Å². The van der Waals surface area contributed by atoms with Crippen molar-refractivity contribution in [1.82, 2.24) is 15.1 Å². The van der Waals surface area contributed by atoms with Gasteiger partial charge in [0.05, 0.1) is 31.1 Å². The summed E-state index contributed by atoms with van der Waals surface area (Å²) in [5, 5.41) is 2.68. The fourth-order valence-corrected chi connectivity index (χ4v) is 6.34. The third-order valence-electron chi connectivity index (χ3n) is 8.60. The highest BCUT2D eigenvalue weighted by Gasteiger charge is 2.52. The highest BCUT2D eigenvalue weighted by molar-refractivity contribution is 5.90. The van der Waals surface area contributed by atoms with Gasteiger partial charge in [0.25, 0.3) is 0 Å². The number of amides is 3. The maximum Gasteiger partial charge on any atom is 0.410 e. The van der Waals surface area contributed by atoms with E-state index < -0.39 is 11.6 Å². The molecule has 3 saturated heterocycles. The summed E-state index contributed by atoms with van der Waals surface area (Å²) in [7, 11) is 5.10. The summed E-state index contributed by atoms with van der Waals surface area (Å²) in [6, 6.07) is 5.44. The molecule has 1 spiro atoms. The zero-order chi connectivity index (χ0) is 31.4. The van der Waals surface area contributed by atoms with E-state index in [4.69, 9.17) is 9.47 Å². The van der Waals surface area contributed by atoms with Crippen LogP contribution < -0.4 is 20.0 Å². The molecule has 3 aliphatic rings. The molecule has 2 atom stereocenters. The van der Waals surface area contributed by atoms with E-state index in [-0.39, 0.29) is 24.0 Å². The van der Waals surface area contributed by atoms with Crippen molar-refractivity contribution < 1.29 is 28.7 Å². The monoisotopic (exact) mass is 600 g/mol. The number of carbonyl (C=O) groups is 4. The lowest BCUT2D eigenvalue weighted by molar-refractivity contribution is -0.122. The average Bonchev–Trinajstić information content (AvgIpc) is 3.39. The maximum absolute atomic E-state index is 12.6. The molecule has 1 aromatic carbocycles. The number of anilines is 3. The Morgan fingerprint density at radius 3 is 2.44 bits per heavy atom. The first kappa shape index (κ1) is 32.5. The first-order chi connectivity index (χ1) is 20.4. The molecule has 1 N–H and O–H groups in total. The average molecular weight is 601 g/mol. The molecule has 43 heavy (non-hydrogen) atoms. The van der Waals surface area contributed by atoms with E-state index in [9.17, 15) is 19.2 Å². The van der Waals surface area contributed by atoms with Gasteiger partial charge in [0.2, 0.25) is 12.3 Å². The Labute approximate surface area is 255 Å². The van der Waals surface area contributed by atoms with Crippen molar-refractivity contribution in [2.75, 3.05) is 88.3 Å². The van der Waals surface area contributed by atoms with Crippen LogP contribution in [0.1, 0.15) is 40.0 Å². The van der Waals surface area contributed by atoms with Crippen LogP contribution in [-0.2, 0) is 23.9 Å². The smallest absolute Gasteiger partial charge is 0.410 e. The molecule has 0 saturated carbocycles. The summed E-state index contributed by atoms with van der Waals surface area (Å²) in [6.07, 6.45) is 2.90. The molecule has 3 heterocycles. The summed E-state index contributed by atoms with van der Waals surface area (Å²) >= 11 is 0. The van der Waals surface area contributed by atoms with Gasteiger partial charge < -0.3 is 39.2 Å². The van der Waals surface area contributed by atoms with E-state index >= 15 is 0 Å². The standard InChI is InChI=1S/C31H48N6O6/c1-30(2,3)43-29(41)37-20-31(21-37)17-23(19-42-31)18-35-11-13-36(14-12-35)24-9-10-25(27(16-24)33(5)22-39)34(6)26(8-7-15-38)28(40)32-4/h9-10,15-16,22-23,26H,7-8,11-14,17-21H2,1-6H3,(H,32,40). The van der Waals surface area contributed by atoms with Crippen LogP contribution in [0.4, 0.5) is 21.9 Å². The molecular formula is C31H48N6O6. The second-order valence-corrected chi connectivity index (χ2v) is 13.1. The molecule has 2 unspecified atom stereocenters. The van der Waals surface area contributed by atoms with Gasteiger partial charge in [-0.05, 0) is 57.7 Å². The van der Waals surface area contributed by atoms with E-state index in [0.29, 0.717) is 37.7 Å². The van der Waals surface area contributed by atoms with Gasteiger partial charge in [-0.2, -0.15) is 0 Å². The van der Waals surface area contributed by atoms with Crippen molar-refractivity contribution in [2.45, 2.75) is 57.3 Å². The zero-order valence-corrected chi connectivity index (χ0v) is 26.5. The van der Waals surface area contributed by atoms with E-state index in [0.717, 1.165) is 63.2 Å². The summed E-state index contributed by atoms with van der Waals surface area (Å²) in [5.74, 6) is 0.253. The quantitative estimate of drug-likeness (QED) is 0.381. The number of likely N-dealkylation sites (tertiary alicyclic amines) is 1. The fourth-order valence-electron chi connectivity index (χ4n) is 6.34. The molecule has 3 aliphatic heterocycles. The van der Waals surface area contributed by atoms with E-state index in [1.165, 1.54) is 4.90 Å². The van der Waals surface area contributed by atoms with E-state index in [1.54, 1.807) is 19.0 Å². The largest absolute Gasteiger partial charge is 0.444 e. The molecule has 0 bridgehead atoms. The Bertz CT molecular complexity index is 1160. The lowest BCUT2D eigenvalue weighted by Crippen LogP contribution is -2.63. The molecule has 12 heteroatoms. The van der Waals surface area contributed by atoms with E-state index in [2.05, 4.69) is 15.1 Å². The van der Waals surface area contributed by atoms with E-state index in [1.807, 2.05) is 50.9 Å². The number of hydrogen-bond acceptors (Lipinski definition) is 9. The number of piperazine rings is 1. The first-order valence-corrected chi connectivity index (χ1v) is 15.2. The molecular weight excluding hydrogens is 552 g/mol. The predicted octanol–water partition coefficient (Wildman–Crippen LogP) is 1.96. The highest BCUT2D eigenvalue weighted by Crippen LogP contribution is 2.39. The first-order valence-electron chi connectivity index (χ1n) is 15.2. The number of nitrogens with one attached hydrogen (secondary N) is 1. The fraction of sp³-hybridized carbons (Fsp3) is 0.677. The van der Waals surface area contributed by atoms with Crippen LogP contribution in [0.3, 0.4) is 0 Å². The summed E-state index contributed by atoms with van der Waals surface area (Å²) in [5.41, 5.74) is 1.73. The van der Waals surface area contributed by atoms with Crippen molar-refractivity contribution in [3.05, 3.63) is 18.2 Å². The number of benzene rings is 1.